The van der Waals surface area contributed by atoms with Gasteiger partial charge in [0, 0.05) is 11.3 Å². The topological polar surface area (TPSA) is 26.3 Å². The zero-order chi connectivity index (χ0) is 12.0. The summed E-state index contributed by atoms with van der Waals surface area (Å²) in [6.07, 6.45) is 3.29. The Kier molecular flexibility index (Phi) is 5.39. The first-order valence-electron chi connectivity index (χ1n) is 5.46. The number of carbonyl (C=O) groups is 1. The minimum atomic E-state index is -0.115. The van der Waals surface area contributed by atoms with Gasteiger partial charge in [-0.2, -0.15) is 0 Å². The summed E-state index contributed by atoms with van der Waals surface area (Å²) in [7, 11) is 0. The summed E-state index contributed by atoms with van der Waals surface area (Å²) >= 11 is 1.73. The molecule has 1 aromatic rings. The molecule has 88 valence electrons. The lowest BCUT2D eigenvalue weighted by atomic mass is 10.0. The smallest absolute Gasteiger partial charge is 0.306 e. The Bertz CT molecular complexity index is 361. The summed E-state index contributed by atoms with van der Waals surface area (Å²) in [4.78, 5) is 12.5. The molecule has 0 aliphatic carbocycles. The minimum absolute atomic E-state index is 0.115. The number of hydrogen-bond acceptors (Lipinski definition) is 3. The van der Waals surface area contributed by atoms with E-state index in [-0.39, 0.29) is 5.97 Å². The van der Waals surface area contributed by atoms with E-state index in [1.54, 1.807) is 11.8 Å². The van der Waals surface area contributed by atoms with Crippen molar-refractivity contribution in [2.75, 3.05) is 12.9 Å². The number of carbonyl (C=O) groups excluding carboxylic acids is 1. The van der Waals surface area contributed by atoms with Crippen molar-refractivity contribution in [1.82, 2.24) is 0 Å². The number of rotatable bonds is 5. The molecule has 0 fully saturated rings. The standard InChI is InChI=1S/C13H18O2S/c1-4-15-13(14)8-6-11-5-7-12(16-3)9-10(11)2/h5,7,9H,4,6,8H2,1-3H3. The molecular formula is C13H18O2S. The first-order chi connectivity index (χ1) is 7.67. The minimum Gasteiger partial charge on any atom is -0.466 e. The van der Waals surface area contributed by atoms with Crippen molar-refractivity contribution >= 4 is 17.7 Å². The van der Waals surface area contributed by atoms with Crippen LogP contribution in [0.15, 0.2) is 23.1 Å². The van der Waals surface area contributed by atoms with Crippen LogP contribution in [-0.2, 0) is 16.0 Å². The maximum atomic E-state index is 11.2. The van der Waals surface area contributed by atoms with Crippen molar-refractivity contribution in [3.05, 3.63) is 29.3 Å². The van der Waals surface area contributed by atoms with Crippen molar-refractivity contribution in [2.45, 2.75) is 31.6 Å². The second kappa shape index (κ2) is 6.59. The number of esters is 1. The lowest BCUT2D eigenvalue weighted by Gasteiger charge is -2.07. The quantitative estimate of drug-likeness (QED) is 0.582. The maximum absolute atomic E-state index is 11.2. The largest absolute Gasteiger partial charge is 0.466 e. The highest BCUT2D eigenvalue weighted by atomic mass is 32.2. The van der Waals surface area contributed by atoms with E-state index >= 15 is 0 Å². The Morgan fingerprint density at radius 3 is 2.75 bits per heavy atom. The van der Waals surface area contributed by atoms with Gasteiger partial charge in [0.05, 0.1) is 6.61 Å². The lowest BCUT2D eigenvalue weighted by molar-refractivity contribution is -0.143. The van der Waals surface area contributed by atoms with E-state index in [0.29, 0.717) is 13.0 Å². The third-order valence-electron chi connectivity index (χ3n) is 2.45. The van der Waals surface area contributed by atoms with Crippen molar-refractivity contribution in [3.63, 3.8) is 0 Å². The van der Waals surface area contributed by atoms with E-state index in [9.17, 15) is 4.79 Å². The second-order valence-electron chi connectivity index (χ2n) is 3.60. The molecule has 0 radical (unpaired) electrons. The van der Waals surface area contributed by atoms with Gasteiger partial charge in [-0.3, -0.25) is 4.79 Å². The first-order valence-corrected chi connectivity index (χ1v) is 6.69. The fraction of sp³-hybridized carbons (Fsp3) is 0.462. The molecule has 1 aromatic carbocycles. The third-order valence-corrected chi connectivity index (χ3v) is 3.18. The highest BCUT2D eigenvalue weighted by Gasteiger charge is 2.05. The summed E-state index contributed by atoms with van der Waals surface area (Å²) in [5, 5.41) is 0. The highest BCUT2D eigenvalue weighted by molar-refractivity contribution is 7.98. The first kappa shape index (κ1) is 13.1. The van der Waals surface area contributed by atoms with Gasteiger partial charge in [0.2, 0.25) is 0 Å². The number of benzene rings is 1. The average Bonchev–Trinajstić information content (AvgIpc) is 2.27. The molecule has 2 nitrogen and oxygen atoms in total. The van der Waals surface area contributed by atoms with E-state index in [1.165, 1.54) is 16.0 Å². The molecule has 0 atom stereocenters. The van der Waals surface area contributed by atoms with Gasteiger partial charge in [-0.1, -0.05) is 6.07 Å². The number of thioether (sulfide) groups is 1. The van der Waals surface area contributed by atoms with E-state index in [0.717, 1.165) is 6.42 Å². The van der Waals surface area contributed by atoms with Crippen molar-refractivity contribution in [2.24, 2.45) is 0 Å². The Balaban J connectivity index is 2.57. The monoisotopic (exact) mass is 238 g/mol. The summed E-state index contributed by atoms with van der Waals surface area (Å²) in [6, 6.07) is 6.35. The predicted octanol–water partition coefficient (Wildman–Crippen LogP) is 3.21. The van der Waals surface area contributed by atoms with Crippen LogP contribution in [0.1, 0.15) is 24.5 Å². The van der Waals surface area contributed by atoms with E-state index < -0.39 is 0 Å². The molecule has 0 spiro atoms. The fourth-order valence-electron chi connectivity index (χ4n) is 1.55. The normalized spacial score (nSPS) is 10.2. The second-order valence-corrected chi connectivity index (χ2v) is 4.48. The van der Waals surface area contributed by atoms with Gasteiger partial charge in [0.25, 0.3) is 0 Å². The van der Waals surface area contributed by atoms with Gasteiger partial charge >= 0.3 is 5.97 Å². The van der Waals surface area contributed by atoms with Crippen LogP contribution in [0.2, 0.25) is 0 Å². The maximum Gasteiger partial charge on any atom is 0.306 e. The highest BCUT2D eigenvalue weighted by Crippen LogP contribution is 2.19. The number of ether oxygens (including phenoxy) is 1. The molecule has 0 saturated heterocycles. The van der Waals surface area contributed by atoms with Gasteiger partial charge in [-0.25, -0.2) is 0 Å². The Labute approximate surface area is 101 Å². The van der Waals surface area contributed by atoms with Crippen LogP contribution in [0.25, 0.3) is 0 Å². The van der Waals surface area contributed by atoms with Crippen molar-refractivity contribution < 1.29 is 9.53 Å². The van der Waals surface area contributed by atoms with Crippen LogP contribution in [0.5, 0.6) is 0 Å². The Hall–Kier alpha value is -0.960. The van der Waals surface area contributed by atoms with Crippen LogP contribution >= 0.6 is 11.8 Å². The molecule has 0 saturated carbocycles. The average molecular weight is 238 g/mol. The van der Waals surface area contributed by atoms with Crippen LogP contribution in [0, 0.1) is 6.92 Å². The molecule has 0 amide bonds. The van der Waals surface area contributed by atoms with E-state index in [2.05, 4.69) is 31.4 Å². The number of hydrogen-bond donors (Lipinski definition) is 0. The number of aryl methyl sites for hydroxylation is 2. The van der Waals surface area contributed by atoms with Gasteiger partial charge in [-0.15, -0.1) is 11.8 Å². The lowest BCUT2D eigenvalue weighted by Crippen LogP contribution is -2.05. The summed E-state index contributed by atoms with van der Waals surface area (Å²) < 4.78 is 4.91. The van der Waals surface area contributed by atoms with Gasteiger partial charge in [-0.05, 0) is 49.8 Å². The van der Waals surface area contributed by atoms with Crippen LogP contribution in [0.3, 0.4) is 0 Å². The molecule has 0 aliphatic rings. The summed E-state index contributed by atoms with van der Waals surface area (Å²) in [5.74, 6) is -0.115. The van der Waals surface area contributed by atoms with Gasteiger partial charge in [0.15, 0.2) is 0 Å². The molecule has 1 rings (SSSR count). The summed E-state index contributed by atoms with van der Waals surface area (Å²) in [6.45, 7) is 4.37. The molecule has 0 bridgehead atoms. The summed E-state index contributed by atoms with van der Waals surface area (Å²) in [5.41, 5.74) is 2.47. The SMILES string of the molecule is CCOC(=O)CCc1ccc(SC)cc1C. The third kappa shape index (κ3) is 3.89. The van der Waals surface area contributed by atoms with Gasteiger partial charge < -0.3 is 4.74 Å². The predicted molar refractivity (Wildman–Crippen MR) is 67.9 cm³/mol. The Morgan fingerprint density at radius 2 is 2.19 bits per heavy atom. The molecule has 0 N–H and O–H groups in total. The Morgan fingerprint density at radius 1 is 1.44 bits per heavy atom. The zero-order valence-electron chi connectivity index (χ0n) is 10.1. The van der Waals surface area contributed by atoms with Crippen molar-refractivity contribution in [1.29, 1.82) is 0 Å². The molecule has 0 aromatic heterocycles. The van der Waals surface area contributed by atoms with Crippen LogP contribution in [-0.4, -0.2) is 18.8 Å². The zero-order valence-corrected chi connectivity index (χ0v) is 10.9. The molecular weight excluding hydrogens is 220 g/mol. The molecule has 0 heterocycles. The van der Waals surface area contributed by atoms with E-state index in [1.807, 2.05) is 6.92 Å². The van der Waals surface area contributed by atoms with Gasteiger partial charge in [0.1, 0.15) is 0 Å². The molecule has 16 heavy (non-hydrogen) atoms. The fourth-order valence-corrected chi connectivity index (χ4v) is 2.04. The molecule has 3 heteroatoms. The van der Waals surface area contributed by atoms with Crippen LogP contribution in [0.4, 0.5) is 0 Å². The van der Waals surface area contributed by atoms with Crippen molar-refractivity contribution in [3.8, 4) is 0 Å². The van der Waals surface area contributed by atoms with Crippen LogP contribution < -0.4 is 0 Å². The molecule has 0 unspecified atom stereocenters. The van der Waals surface area contributed by atoms with E-state index in [4.69, 9.17) is 4.74 Å². The molecule has 0 aliphatic heterocycles.